The third-order valence-corrected chi connectivity index (χ3v) is 3.55. The Kier molecular flexibility index (Phi) is 16.7. The molecule has 0 rings (SSSR count). The van der Waals surface area contributed by atoms with E-state index in [1.807, 2.05) is 0 Å². The number of hydrogen-bond donors (Lipinski definition) is 0. The van der Waals surface area contributed by atoms with Crippen molar-refractivity contribution in [2.24, 2.45) is 0 Å². The van der Waals surface area contributed by atoms with Gasteiger partial charge in [0, 0.05) is 6.42 Å². The summed E-state index contributed by atoms with van der Waals surface area (Å²) in [5, 5.41) is 0. The predicted octanol–water partition coefficient (Wildman–Crippen LogP) is 6.49. The Balaban J connectivity index is 3.23. The first kappa shape index (κ1) is 20.7. The third kappa shape index (κ3) is 16.7. The fourth-order valence-corrected chi connectivity index (χ4v) is 2.23. The summed E-state index contributed by atoms with van der Waals surface area (Å²) in [5.74, 6) is -0.166. The zero-order chi connectivity index (χ0) is 16.3. The first-order chi connectivity index (χ1) is 10.8. The molecule has 0 saturated carbocycles. The van der Waals surface area contributed by atoms with Crippen molar-refractivity contribution < 1.29 is 9.53 Å². The molecule has 0 aliphatic carbocycles. The number of hydrogen-bond acceptors (Lipinski definition) is 2. The number of allylic oxidation sites excluding steroid dienone is 4. The van der Waals surface area contributed by atoms with Crippen molar-refractivity contribution in [1.29, 1.82) is 0 Å². The smallest absolute Gasteiger partial charge is 0.310 e. The Morgan fingerprint density at radius 1 is 0.864 bits per heavy atom. The molecular formula is C20H34O2. The van der Waals surface area contributed by atoms with Crippen LogP contribution in [0.5, 0.6) is 0 Å². The van der Waals surface area contributed by atoms with Crippen LogP contribution < -0.4 is 0 Å². The van der Waals surface area contributed by atoms with Gasteiger partial charge in [0.05, 0.1) is 6.26 Å². The molecule has 0 heterocycles. The fourth-order valence-electron chi connectivity index (χ4n) is 2.23. The number of unbranched alkanes of at least 4 members (excludes halogenated alkanes) is 8. The molecule has 126 valence electrons. The first-order valence-electron chi connectivity index (χ1n) is 8.91. The number of rotatable bonds is 15. The maximum absolute atomic E-state index is 11.1. The van der Waals surface area contributed by atoms with Crippen molar-refractivity contribution >= 4 is 5.97 Å². The van der Waals surface area contributed by atoms with Crippen LogP contribution in [0.15, 0.2) is 37.1 Å². The molecule has 0 amide bonds. The van der Waals surface area contributed by atoms with Gasteiger partial charge in [0.25, 0.3) is 0 Å². The summed E-state index contributed by atoms with van der Waals surface area (Å²) >= 11 is 0. The van der Waals surface area contributed by atoms with Gasteiger partial charge in [0.1, 0.15) is 0 Å². The summed E-state index contributed by atoms with van der Waals surface area (Å²) in [6, 6.07) is 0. The van der Waals surface area contributed by atoms with Crippen molar-refractivity contribution in [1.82, 2.24) is 0 Å². The molecule has 0 N–H and O–H groups in total. The standard InChI is InChI=1S/C20H34O2/c1-3-5-6-7-8-9-10-11-12-13-14-15-16-17-18-19-20(21)22-4-2/h4,8-9,11-12H,2-3,5-7,10,13-19H2,1H3. The normalized spacial score (nSPS) is 11.3. The van der Waals surface area contributed by atoms with Crippen molar-refractivity contribution in [3.63, 3.8) is 0 Å². The van der Waals surface area contributed by atoms with Gasteiger partial charge in [0.15, 0.2) is 0 Å². The molecule has 2 nitrogen and oxygen atoms in total. The maximum atomic E-state index is 11.1. The average molecular weight is 306 g/mol. The summed E-state index contributed by atoms with van der Waals surface area (Å²) in [5.41, 5.74) is 0. The van der Waals surface area contributed by atoms with Crippen LogP contribution >= 0.6 is 0 Å². The number of carbonyl (C=O) groups is 1. The molecule has 2 heteroatoms. The molecule has 0 unspecified atom stereocenters. The summed E-state index contributed by atoms with van der Waals surface area (Å²) in [6.07, 6.45) is 24.0. The van der Waals surface area contributed by atoms with Crippen LogP contribution in [0.3, 0.4) is 0 Å². The first-order valence-corrected chi connectivity index (χ1v) is 8.91. The molecule has 0 atom stereocenters. The lowest BCUT2D eigenvalue weighted by atomic mass is 10.1. The Hall–Kier alpha value is -1.31. The van der Waals surface area contributed by atoms with Crippen molar-refractivity contribution in [3.8, 4) is 0 Å². The van der Waals surface area contributed by atoms with Gasteiger partial charge < -0.3 is 4.74 Å². The second-order valence-electron chi connectivity index (χ2n) is 5.64. The van der Waals surface area contributed by atoms with Gasteiger partial charge in [-0.3, -0.25) is 4.79 Å². The van der Waals surface area contributed by atoms with Gasteiger partial charge >= 0.3 is 5.97 Å². The van der Waals surface area contributed by atoms with E-state index in [2.05, 4.69) is 42.5 Å². The Labute approximate surface area is 137 Å². The van der Waals surface area contributed by atoms with Gasteiger partial charge in [-0.1, -0.05) is 69.9 Å². The number of esters is 1. The number of carbonyl (C=O) groups excluding carboxylic acids is 1. The highest BCUT2D eigenvalue weighted by Crippen LogP contribution is 2.08. The van der Waals surface area contributed by atoms with E-state index in [-0.39, 0.29) is 5.97 Å². The van der Waals surface area contributed by atoms with Crippen molar-refractivity contribution in [2.45, 2.75) is 84.0 Å². The molecule has 0 aromatic carbocycles. The van der Waals surface area contributed by atoms with E-state index in [1.54, 1.807) is 0 Å². The lowest BCUT2D eigenvalue weighted by Crippen LogP contribution is -1.98. The van der Waals surface area contributed by atoms with Crippen LogP contribution in [-0.4, -0.2) is 5.97 Å². The largest absolute Gasteiger partial charge is 0.435 e. The van der Waals surface area contributed by atoms with E-state index in [9.17, 15) is 4.79 Å². The monoisotopic (exact) mass is 306 g/mol. The van der Waals surface area contributed by atoms with Gasteiger partial charge in [-0.2, -0.15) is 0 Å². The highest BCUT2D eigenvalue weighted by atomic mass is 16.5. The minimum absolute atomic E-state index is 0.166. The van der Waals surface area contributed by atoms with Crippen LogP contribution in [0, 0.1) is 0 Å². The summed E-state index contributed by atoms with van der Waals surface area (Å²) in [7, 11) is 0. The Morgan fingerprint density at radius 3 is 2.09 bits per heavy atom. The molecule has 0 saturated heterocycles. The predicted molar refractivity (Wildman–Crippen MR) is 95.6 cm³/mol. The van der Waals surface area contributed by atoms with Crippen molar-refractivity contribution in [2.75, 3.05) is 0 Å². The topological polar surface area (TPSA) is 26.3 Å². The van der Waals surface area contributed by atoms with E-state index in [1.165, 1.54) is 57.6 Å². The van der Waals surface area contributed by atoms with Crippen LogP contribution in [0.25, 0.3) is 0 Å². The van der Waals surface area contributed by atoms with E-state index >= 15 is 0 Å². The zero-order valence-corrected chi connectivity index (χ0v) is 14.4. The lowest BCUT2D eigenvalue weighted by molar-refractivity contribution is -0.138. The highest BCUT2D eigenvalue weighted by molar-refractivity contribution is 5.69. The highest BCUT2D eigenvalue weighted by Gasteiger charge is 1.99. The second-order valence-corrected chi connectivity index (χ2v) is 5.64. The van der Waals surface area contributed by atoms with E-state index in [4.69, 9.17) is 0 Å². The lowest BCUT2D eigenvalue weighted by Gasteiger charge is -2.00. The van der Waals surface area contributed by atoms with Crippen LogP contribution in [0.1, 0.15) is 84.0 Å². The molecule has 0 aromatic rings. The van der Waals surface area contributed by atoms with Gasteiger partial charge in [-0.15, -0.1) is 0 Å². The fraction of sp³-hybridized carbons (Fsp3) is 0.650. The molecular weight excluding hydrogens is 272 g/mol. The maximum Gasteiger partial charge on any atom is 0.310 e. The van der Waals surface area contributed by atoms with E-state index < -0.39 is 0 Å². The van der Waals surface area contributed by atoms with E-state index in [0.29, 0.717) is 6.42 Å². The molecule has 0 fully saturated rings. The average Bonchev–Trinajstić information content (AvgIpc) is 2.51. The molecule has 0 bridgehead atoms. The summed E-state index contributed by atoms with van der Waals surface area (Å²) in [4.78, 5) is 11.1. The SMILES string of the molecule is C=COC(=O)CCCCCCCC=CCC=CCCCCC. The minimum atomic E-state index is -0.166. The molecule has 0 aliphatic rings. The van der Waals surface area contributed by atoms with Gasteiger partial charge in [0.2, 0.25) is 0 Å². The molecule has 0 aromatic heterocycles. The quantitative estimate of drug-likeness (QED) is 0.150. The zero-order valence-electron chi connectivity index (χ0n) is 14.4. The second kappa shape index (κ2) is 17.7. The third-order valence-electron chi connectivity index (χ3n) is 3.55. The molecule has 0 radical (unpaired) electrons. The molecule has 0 spiro atoms. The Bertz CT molecular complexity index is 316. The van der Waals surface area contributed by atoms with Crippen LogP contribution in [-0.2, 0) is 9.53 Å². The summed E-state index contributed by atoms with van der Waals surface area (Å²) in [6.45, 7) is 5.61. The van der Waals surface area contributed by atoms with Crippen molar-refractivity contribution in [3.05, 3.63) is 37.1 Å². The Morgan fingerprint density at radius 2 is 1.45 bits per heavy atom. The number of ether oxygens (including phenoxy) is 1. The minimum Gasteiger partial charge on any atom is -0.435 e. The van der Waals surface area contributed by atoms with Gasteiger partial charge in [-0.25, -0.2) is 0 Å². The molecule has 0 aliphatic heterocycles. The van der Waals surface area contributed by atoms with Crippen LogP contribution in [0.4, 0.5) is 0 Å². The van der Waals surface area contributed by atoms with E-state index in [0.717, 1.165) is 19.3 Å². The molecule has 22 heavy (non-hydrogen) atoms. The van der Waals surface area contributed by atoms with Crippen LogP contribution in [0.2, 0.25) is 0 Å². The van der Waals surface area contributed by atoms with Gasteiger partial charge in [-0.05, 0) is 38.5 Å². The summed E-state index contributed by atoms with van der Waals surface area (Å²) < 4.78 is 4.67.